The van der Waals surface area contributed by atoms with Crippen molar-refractivity contribution in [2.75, 3.05) is 20.3 Å². The standard InChI is InChI=1S/C7H13N3O4/c1-14-4-5(2-3-11)10-6(12)8-9-7(10)13/h5,11H,2-4H2,1H3,(H,8,12)(H,9,13). The molecule has 7 nitrogen and oxygen atoms in total. The highest BCUT2D eigenvalue weighted by Gasteiger charge is 2.15. The van der Waals surface area contributed by atoms with Crippen molar-refractivity contribution in [1.29, 1.82) is 0 Å². The van der Waals surface area contributed by atoms with Crippen molar-refractivity contribution in [3.8, 4) is 0 Å². The van der Waals surface area contributed by atoms with Crippen LogP contribution >= 0.6 is 0 Å². The van der Waals surface area contributed by atoms with Gasteiger partial charge in [-0.25, -0.2) is 24.4 Å². The quantitative estimate of drug-likeness (QED) is 0.538. The summed E-state index contributed by atoms with van der Waals surface area (Å²) in [7, 11) is 1.47. The lowest BCUT2D eigenvalue weighted by atomic mass is 10.2. The first-order chi connectivity index (χ1) is 6.70. The zero-order valence-electron chi connectivity index (χ0n) is 7.82. The first-order valence-corrected chi connectivity index (χ1v) is 4.19. The lowest BCUT2D eigenvalue weighted by molar-refractivity contribution is 0.133. The van der Waals surface area contributed by atoms with Crippen molar-refractivity contribution in [3.63, 3.8) is 0 Å². The Morgan fingerprint density at radius 3 is 2.43 bits per heavy atom. The van der Waals surface area contributed by atoms with Crippen LogP contribution < -0.4 is 11.4 Å². The smallest absolute Gasteiger partial charge is 0.344 e. The molecule has 0 spiro atoms. The molecule has 1 unspecified atom stereocenters. The second kappa shape index (κ2) is 4.77. The van der Waals surface area contributed by atoms with Gasteiger partial charge in [-0.3, -0.25) is 0 Å². The van der Waals surface area contributed by atoms with Gasteiger partial charge >= 0.3 is 11.4 Å². The third-order valence-corrected chi connectivity index (χ3v) is 1.90. The van der Waals surface area contributed by atoms with Crippen LogP contribution in [-0.2, 0) is 4.74 Å². The average Bonchev–Trinajstić information content (AvgIpc) is 2.46. The monoisotopic (exact) mass is 203 g/mol. The molecule has 3 N–H and O–H groups in total. The SMILES string of the molecule is COCC(CCO)n1c(=O)[nH][nH]c1=O. The Balaban J connectivity index is 2.97. The molecule has 0 amide bonds. The Labute approximate surface area is 79.3 Å². The summed E-state index contributed by atoms with van der Waals surface area (Å²) in [6.07, 6.45) is 0.300. The highest BCUT2D eigenvalue weighted by molar-refractivity contribution is 4.74. The third-order valence-electron chi connectivity index (χ3n) is 1.90. The van der Waals surface area contributed by atoms with Crippen LogP contribution in [0.25, 0.3) is 0 Å². The molecule has 14 heavy (non-hydrogen) atoms. The van der Waals surface area contributed by atoms with Crippen LogP contribution in [0.2, 0.25) is 0 Å². The first kappa shape index (κ1) is 10.7. The fourth-order valence-corrected chi connectivity index (χ4v) is 1.28. The molecule has 0 radical (unpaired) electrons. The minimum atomic E-state index is -0.523. The van der Waals surface area contributed by atoms with Crippen molar-refractivity contribution in [2.24, 2.45) is 0 Å². The molecule has 80 valence electrons. The largest absolute Gasteiger partial charge is 0.396 e. The highest BCUT2D eigenvalue weighted by atomic mass is 16.5. The van der Waals surface area contributed by atoms with Gasteiger partial charge in [-0.2, -0.15) is 0 Å². The van der Waals surface area contributed by atoms with Crippen molar-refractivity contribution in [2.45, 2.75) is 12.5 Å². The number of hydrogen-bond donors (Lipinski definition) is 3. The molecule has 0 aliphatic rings. The third kappa shape index (κ3) is 2.12. The Morgan fingerprint density at radius 2 is 2.00 bits per heavy atom. The topological polar surface area (TPSA) is 100 Å². The van der Waals surface area contributed by atoms with Gasteiger partial charge in [0.05, 0.1) is 12.6 Å². The number of aliphatic hydroxyl groups is 1. The van der Waals surface area contributed by atoms with E-state index in [0.717, 1.165) is 4.57 Å². The fraction of sp³-hybridized carbons (Fsp3) is 0.714. The summed E-state index contributed by atoms with van der Waals surface area (Å²) in [5.41, 5.74) is -1.05. The number of hydrogen-bond acceptors (Lipinski definition) is 4. The summed E-state index contributed by atoms with van der Waals surface area (Å²) in [5, 5.41) is 13.1. The van der Waals surface area contributed by atoms with E-state index in [1.54, 1.807) is 0 Å². The lowest BCUT2D eigenvalue weighted by Crippen LogP contribution is -2.33. The van der Waals surface area contributed by atoms with E-state index in [-0.39, 0.29) is 13.2 Å². The van der Waals surface area contributed by atoms with Gasteiger partial charge in [0.1, 0.15) is 0 Å². The number of aromatic nitrogens is 3. The van der Waals surface area contributed by atoms with Crippen molar-refractivity contribution in [3.05, 3.63) is 21.0 Å². The van der Waals surface area contributed by atoms with Crippen LogP contribution in [0, 0.1) is 0 Å². The maximum Gasteiger partial charge on any atom is 0.344 e. The van der Waals surface area contributed by atoms with Crippen molar-refractivity contribution < 1.29 is 9.84 Å². The van der Waals surface area contributed by atoms with Crippen molar-refractivity contribution in [1.82, 2.24) is 14.8 Å². The molecule has 0 bridgehead atoms. The van der Waals surface area contributed by atoms with Gasteiger partial charge in [-0.15, -0.1) is 0 Å². The summed E-state index contributed by atoms with van der Waals surface area (Å²) >= 11 is 0. The second-order valence-corrected chi connectivity index (χ2v) is 2.85. The normalized spacial score (nSPS) is 13.0. The molecule has 0 aromatic carbocycles. The molecular weight excluding hydrogens is 190 g/mol. The second-order valence-electron chi connectivity index (χ2n) is 2.85. The molecule has 0 aliphatic heterocycles. The summed E-state index contributed by atoms with van der Waals surface area (Å²) in [6, 6.07) is -0.438. The molecular formula is C7H13N3O4. The zero-order chi connectivity index (χ0) is 10.6. The van der Waals surface area contributed by atoms with E-state index in [9.17, 15) is 9.59 Å². The molecule has 0 fully saturated rings. The van der Waals surface area contributed by atoms with Gasteiger partial charge in [-0.1, -0.05) is 0 Å². The van der Waals surface area contributed by atoms with E-state index < -0.39 is 17.4 Å². The van der Waals surface area contributed by atoms with Gasteiger partial charge in [0.2, 0.25) is 0 Å². The van der Waals surface area contributed by atoms with Crippen LogP contribution in [0.5, 0.6) is 0 Å². The van der Waals surface area contributed by atoms with E-state index in [2.05, 4.69) is 10.2 Å². The average molecular weight is 203 g/mol. The molecule has 0 aliphatic carbocycles. The predicted molar refractivity (Wildman–Crippen MR) is 48.3 cm³/mol. The lowest BCUT2D eigenvalue weighted by Gasteiger charge is -2.13. The molecule has 7 heteroatoms. The number of methoxy groups -OCH3 is 1. The Kier molecular flexibility index (Phi) is 3.66. The maximum absolute atomic E-state index is 11.2. The Bertz CT molecular complexity index is 343. The summed E-state index contributed by atoms with van der Waals surface area (Å²) in [4.78, 5) is 22.3. The van der Waals surface area contributed by atoms with Gasteiger partial charge in [0.15, 0.2) is 0 Å². The fourth-order valence-electron chi connectivity index (χ4n) is 1.28. The summed E-state index contributed by atoms with van der Waals surface area (Å²) in [6.45, 7) is 0.104. The molecule has 1 atom stereocenters. The zero-order valence-corrected chi connectivity index (χ0v) is 7.82. The van der Waals surface area contributed by atoms with E-state index in [4.69, 9.17) is 9.84 Å². The number of rotatable bonds is 5. The van der Waals surface area contributed by atoms with Crippen LogP contribution in [0.1, 0.15) is 12.5 Å². The summed E-state index contributed by atoms with van der Waals surface area (Å²) in [5.74, 6) is 0. The molecule has 1 heterocycles. The van der Waals surface area contributed by atoms with E-state index >= 15 is 0 Å². The molecule has 0 saturated heterocycles. The number of nitrogens with zero attached hydrogens (tertiary/aromatic N) is 1. The minimum Gasteiger partial charge on any atom is -0.396 e. The number of ether oxygens (including phenoxy) is 1. The van der Waals surface area contributed by atoms with Gasteiger partial charge in [0, 0.05) is 13.7 Å². The molecule has 1 aromatic heterocycles. The molecule has 0 saturated carbocycles. The number of nitrogens with one attached hydrogen (secondary N) is 2. The van der Waals surface area contributed by atoms with E-state index in [0.29, 0.717) is 6.42 Å². The highest BCUT2D eigenvalue weighted by Crippen LogP contribution is 2.05. The van der Waals surface area contributed by atoms with Gasteiger partial charge in [0.25, 0.3) is 0 Å². The van der Waals surface area contributed by atoms with Crippen LogP contribution in [0.3, 0.4) is 0 Å². The first-order valence-electron chi connectivity index (χ1n) is 4.19. The van der Waals surface area contributed by atoms with E-state index in [1.807, 2.05) is 0 Å². The minimum absolute atomic E-state index is 0.106. The van der Waals surface area contributed by atoms with Crippen molar-refractivity contribution >= 4 is 0 Å². The van der Waals surface area contributed by atoms with Gasteiger partial charge in [-0.05, 0) is 6.42 Å². The van der Waals surface area contributed by atoms with Crippen LogP contribution in [0.15, 0.2) is 9.59 Å². The number of aromatic amines is 2. The predicted octanol–water partition coefficient (Wildman–Crippen LogP) is -1.57. The van der Waals surface area contributed by atoms with Gasteiger partial charge < -0.3 is 9.84 Å². The molecule has 1 aromatic rings. The van der Waals surface area contributed by atoms with Crippen LogP contribution in [0.4, 0.5) is 0 Å². The number of aliphatic hydroxyl groups excluding tert-OH is 1. The number of H-pyrrole nitrogens is 2. The van der Waals surface area contributed by atoms with Crippen LogP contribution in [-0.4, -0.2) is 40.2 Å². The molecule has 1 rings (SSSR count). The Hall–Kier alpha value is -1.34. The Morgan fingerprint density at radius 1 is 1.43 bits per heavy atom. The van der Waals surface area contributed by atoms with E-state index in [1.165, 1.54) is 7.11 Å². The maximum atomic E-state index is 11.2. The summed E-state index contributed by atoms with van der Waals surface area (Å²) < 4.78 is 5.85.